The summed E-state index contributed by atoms with van der Waals surface area (Å²) in [5.74, 6) is 0.00994. The Morgan fingerprint density at radius 1 is 1.24 bits per heavy atom. The molecule has 0 spiro atoms. The molecule has 17 heavy (non-hydrogen) atoms. The van der Waals surface area contributed by atoms with Crippen molar-refractivity contribution in [3.63, 3.8) is 0 Å². The average Bonchev–Trinajstić information content (AvgIpc) is 2.13. The summed E-state index contributed by atoms with van der Waals surface area (Å²) < 4.78 is 0. The number of nitrogens with zero attached hydrogens (tertiary/aromatic N) is 1. The van der Waals surface area contributed by atoms with Crippen LogP contribution in [0, 0.1) is 0 Å². The van der Waals surface area contributed by atoms with E-state index in [9.17, 15) is 9.59 Å². The highest BCUT2D eigenvalue weighted by Crippen LogP contribution is 1.98. The molecule has 100 valence electrons. The van der Waals surface area contributed by atoms with Crippen molar-refractivity contribution in [2.24, 2.45) is 0 Å². The quantitative estimate of drug-likeness (QED) is 0.733. The van der Waals surface area contributed by atoms with E-state index >= 15 is 0 Å². The van der Waals surface area contributed by atoms with Crippen molar-refractivity contribution in [3.05, 3.63) is 0 Å². The van der Waals surface area contributed by atoms with Gasteiger partial charge in [-0.25, -0.2) is 0 Å². The normalized spacial score (nSPS) is 13.1. The number of likely N-dealkylation sites (N-methyl/N-ethyl adjacent to an activating group) is 1. The summed E-state index contributed by atoms with van der Waals surface area (Å²) in [5.41, 5.74) is -0.206. The Kier molecular flexibility index (Phi) is 6.16. The number of amides is 2. The van der Waals surface area contributed by atoms with Crippen LogP contribution in [-0.4, -0.2) is 48.9 Å². The highest BCUT2D eigenvalue weighted by atomic mass is 16.2. The van der Waals surface area contributed by atoms with Gasteiger partial charge in [-0.2, -0.15) is 0 Å². The van der Waals surface area contributed by atoms with E-state index in [1.807, 2.05) is 20.8 Å². The standard InChI is InChI=1S/C12H25N3O2/c1-9(11(17)15(5)6)13-8-7-10(16)14-12(2,3)4/h9,13H,7-8H2,1-6H3,(H,14,16). The third-order valence-electron chi connectivity index (χ3n) is 2.13. The summed E-state index contributed by atoms with van der Waals surface area (Å²) in [6.07, 6.45) is 0.377. The zero-order valence-electron chi connectivity index (χ0n) is 11.8. The number of hydrogen-bond acceptors (Lipinski definition) is 3. The van der Waals surface area contributed by atoms with Gasteiger partial charge in [-0.1, -0.05) is 0 Å². The lowest BCUT2D eigenvalue weighted by atomic mass is 10.1. The van der Waals surface area contributed by atoms with E-state index in [1.165, 1.54) is 4.90 Å². The Morgan fingerprint density at radius 2 is 1.76 bits per heavy atom. The van der Waals surface area contributed by atoms with Crippen molar-refractivity contribution in [2.75, 3.05) is 20.6 Å². The Hall–Kier alpha value is -1.10. The van der Waals surface area contributed by atoms with Crippen LogP contribution >= 0.6 is 0 Å². The second-order valence-corrected chi connectivity index (χ2v) is 5.46. The van der Waals surface area contributed by atoms with Gasteiger partial charge in [-0.15, -0.1) is 0 Å². The van der Waals surface area contributed by atoms with Crippen LogP contribution in [-0.2, 0) is 9.59 Å². The first kappa shape index (κ1) is 15.9. The van der Waals surface area contributed by atoms with Crippen molar-refractivity contribution in [2.45, 2.75) is 45.7 Å². The molecule has 0 aliphatic rings. The van der Waals surface area contributed by atoms with Gasteiger partial charge in [0.05, 0.1) is 6.04 Å². The van der Waals surface area contributed by atoms with Gasteiger partial charge in [-0.3, -0.25) is 9.59 Å². The summed E-state index contributed by atoms with van der Waals surface area (Å²) in [5, 5.41) is 5.90. The minimum atomic E-state index is -0.257. The second-order valence-electron chi connectivity index (χ2n) is 5.46. The number of rotatable bonds is 5. The van der Waals surface area contributed by atoms with Crippen molar-refractivity contribution >= 4 is 11.8 Å². The van der Waals surface area contributed by atoms with Gasteiger partial charge in [0.1, 0.15) is 0 Å². The van der Waals surface area contributed by atoms with E-state index in [2.05, 4.69) is 10.6 Å². The summed E-state index contributed by atoms with van der Waals surface area (Å²) >= 11 is 0. The summed E-state index contributed by atoms with van der Waals surface area (Å²) in [7, 11) is 3.43. The summed E-state index contributed by atoms with van der Waals surface area (Å²) in [6, 6.07) is -0.257. The largest absolute Gasteiger partial charge is 0.351 e. The summed E-state index contributed by atoms with van der Waals surface area (Å²) in [6.45, 7) is 8.12. The number of hydrogen-bond donors (Lipinski definition) is 2. The topological polar surface area (TPSA) is 61.4 Å². The molecule has 0 aliphatic heterocycles. The smallest absolute Gasteiger partial charge is 0.238 e. The first-order valence-corrected chi connectivity index (χ1v) is 5.89. The molecule has 0 saturated carbocycles. The number of nitrogens with one attached hydrogen (secondary N) is 2. The molecule has 0 rings (SSSR count). The molecule has 2 amide bonds. The molecule has 0 aliphatic carbocycles. The third kappa shape index (κ3) is 7.74. The predicted molar refractivity (Wildman–Crippen MR) is 68.7 cm³/mol. The monoisotopic (exact) mass is 243 g/mol. The van der Waals surface area contributed by atoms with Crippen LogP contribution in [0.5, 0.6) is 0 Å². The summed E-state index contributed by atoms with van der Waals surface area (Å²) in [4.78, 5) is 24.5. The highest BCUT2D eigenvalue weighted by Gasteiger charge is 2.16. The van der Waals surface area contributed by atoms with Gasteiger partial charge in [0.15, 0.2) is 0 Å². The van der Waals surface area contributed by atoms with E-state index in [0.29, 0.717) is 13.0 Å². The van der Waals surface area contributed by atoms with Gasteiger partial charge in [0, 0.05) is 32.6 Å². The molecule has 0 aromatic heterocycles. The Bertz CT molecular complexity index is 269. The highest BCUT2D eigenvalue weighted by molar-refractivity contribution is 5.81. The van der Waals surface area contributed by atoms with Gasteiger partial charge in [0.2, 0.25) is 11.8 Å². The zero-order chi connectivity index (χ0) is 13.6. The number of carbonyl (C=O) groups excluding carboxylic acids is 2. The van der Waals surface area contributed by atoms with Crippen LogP contribution in [0.2, 0.25) is 0 Å². The Labute approximate surface area is 104 Å². The van der Waals surface area contributed by atoms with E-state index in [4.69, 9.17) is 0 Å². The predicted octanol–water partition coefficient (Wildman–Crippen LogP) is 0.358. The van der Waals surface area contributed by atoms with E-state index < -0.39 is 0 Å². The molecule has 0 heterocycles. The minimum Gasteiger partial charge on any atom is -0.351 e. The van der Waals surface area contributed by atoms with Crippen molar-refractivity contribution in [1.82, 2.24) is 15.5 Å². The fourth-order valence-electron chi connectivity index (χ4n) is 1.36. The van der Waals surface area contributed by atoms with Crippen molar-refractivity contribution < 1.29 is 9.59 Å². The van der Waals surface area contributed by atoms with Crippen molar-refractivity contribution in [3.8, 4) is 0 Å². The van der Waals surface area contributed by atoms with Crippen LogP contribution < -0.4 is 10.6 Å². The molecule has 0 aromatic carbocycles. The molecule has 0 bridgehead atoms. The maximum absolute atomic E-state index is 11.5. The van der Waals surface area contributed by atoms with Gasteiger partial charge < -0.3 is 15.5 Å². The van der Waals surface area contributed by atoms with Crippen LogP contribution in [0.25, 0.3) is 0 Å². The van der Waals surface area contributed by atoms with Crippen LogP contribution in [0.1, 0.15) is 34.1 Å². The molecule has 0 saturated heterocycles. The molecule has 1 unspecified atom stereocenters. The first-order valence-electron chi connectivity index (χ1n) is 5.89. The average molecular weight is 243 g/mol. The molecule has 5 heteroatoms. The SMILES string of the molecule is CC(NCCC(=O)NC(C)(C)C)C(=O)N(C)C. The lowest BCUT2D eigenvalue weighted by molar-refractivity contribution is -0.130. The molecule has 2 N–H and O–H groups in total. The zero-order valence-corrected chi connectivity index (χ0v) is 11.8. The fraction of sp³-hybridized carbons (Fsp3) is 0.833. The Morgan fingerprint density at radius 3 is 2.18 bits per heavy atom. The molecule has 5 nitrogen and oxygen atoms in total. The molecular formula is C12H25N3O2. The van der Waals surface area contributed by atoms with Crippen LogP contribution in [0.15, 0.2) is 0 Å². The van der Waals surface area contributed by atoms with Crippen molar-refractivity contribution in [1.29, 1.82) is 0 Å². The number of carbonyl (C=O) groups is 2. The Balaban J connectivity index is 3.85. The first-order chi connectivity index (χ1) is 7.63. The fourth-order valence-corrected chi connectivity index (χ4v) is 1.36. The van der Waals surface area contributed by atoms with Crippen LogP contribution in [0.4, 0.5) is 0 Å². The van der Waals surface area contributed by atoms with Gasteiger partial charge in [-0.05, 0) is 27.7 Å². The van der Waals surface area contributed by atoms with Gasteiger partial charge in [0.25, 0.3) is 0 Å². The third-order valence-corrected chi connectivity index (χ3v) is 2.13. The van der Waals surface area contributed by atoms with Crippen LogP contribution in [0.3, 0.4) is 0 Å². The molecule has 1 atom stereocenters. The minimum absolute atomic E-state index is 0.00509. The van der Waals surface area contributed by atoms with E-state index in [0.717, 1.165) is 0 Å². The molecule has 0 fully saturated rings. The maximum Gasteiger partial charge on any atom is 0.238 e. The second kappa shape index (κ2) is 6.59. The molecule has 0 radical (unpaired) electrons. The molecule has 0 aromatic rings. The lowest BCUT2D eigenvalue weighted by Gasteiger charge is -2.21. The molecular weight excluding hydrogens is 218 g/mol. The van der Waals surface area contributed by atoms with E-state index in [1.54, 1.807) is 21.0 Å². The van der Waals surface area contributed by atoms with Gasteiger partial charge >= 0.3 is 0 Å². The maximum atomic E-state index is 11.5. The van der Waals surface area contributed by atoms with E-state index in [-0.39, 0.29) is 23.4 Å². The lowest BCUT2D eigenvalue weighted by Crippen LogP contribution is -2.44.